The van der Waals surface area contributed by atoms with Crippen LogP contribution in [0.15, 0.2) is 53.4 Å². The van der Waals surface area contributed by atoms with Gasteiger partial charge < -0.3 is 4.90 Å². The minimum Gasteiger partial charge on any atom is -0.323 e. The zero-order valence-electron chi connectivity index (χ0n) is 17.1. The van der Waals surface area contributed by atoms with E-state index < -0.39 is 19.8 Å². The average molecular weight is 462 g/mol. The van der Waals surface area contributed by atoms with Crippen LogP contribution in [0, 0.1) is 17.0 Å². The van der Waals surface area contributed by atoms with E-state index in [1.807, 2.05) is 36.1 Å². The molecule has 0 aliphatic carbocycles. The van der Waals surface area contributed by atoms with Crippen molar-refractivity contribution in [3.63, 3.8) is 0 Å². The molecule has 0 atom stereocenters. The summed E-state index contributed by atoms with van der Waals surface area (Å²) in [6, 6.07) is 12.5. The lowest BCUT2D eigenvalue weighted by molar-refractivity contribution is -0.384. The molecule has 0 saturated carbocycles. The number of sulfonamides is 1. The van der Waals surface area contributed by atoms with Gasteiger partial charge in [-0.3, -0.25) is 14.9 Å². The second-order valence-corrected chi connectivity index (χ2v) is 11.2. The molecule has 0 aromatic heterocycles. The van der Waals surface area contributed by atoms with Crippen LogP contribution < -0.4 is 0 Å². The first kappa shape index (κ1) is 21.8. The number of rotatable bonds is 4. The highest BCUT2D eigenvalue weighted by atomic mass is 32.2. The fraction of sp³-hybridized carbons (Fsp3) is 0.381. The fourth-order valence-electron chi connectivity index (χ4n) is 4.13. The highest BCUT2D eigenvalue weighted by Crippen LogP contribution is 2.45. The summed E-state index contributed by atoms with van der Waals surface area (Å²) in [6.45, 7) is 3.21. The summed E-state index contributed by atoms with van der Waals surface area (Å²) in [7, 11) is -3.75. The minimum absolute atomic E-state index is 0.0170. The van der Waals surface area contributed by atoms with Crippen LogP contribution in [0.1, 0.15) is 28.8 Å². The molecule has 0 unspecified atom stereocenters. The molecular weight excluding hydrogens is 438 g/mol. The second kappa shape index (κ2) is 8.25. The molecule has 1 spiro atoms. The predicted molar refractivity (Wildman–Crippen MR) is 118 cm³/mol. The summed E-state index contributed by atoms with van der Waals surface area (Å²) >= 11 is 1.72. The standard InChI is InChI=1S/C21H23N3O5S2/c1-16-2-4-17(5-3-16)20(25)23-14-15-30-21(23)10-12-22(13-11-21)31(28,29)19-8-6-18(7-9-19)24(26)27/h2-9H,10-15H2,1H3. The van der Waals surface area contributed by atoms with Crippen LogP contribution in [-0.4, -0.2) is 58.7 Å². The molecule has 1 amide bonds. The van der Waals surface area contributed by atoms with Crippen molar-refractivity contribution >= 4 is 33.4 Å². The Bertz CT molecular complexity index is 1090. The van der Waals surface area contributed by atoms with Crippen molar-refractivity contribution in [1.29, 1.82) is 0 Å². The van der Waals surface area contributed by atoms with Gasteiger partial charge in [-0.2, -0.15) is 4.31 Å². The third-order valence-corrected chi connectivity index (χ3v) is 9.38. The molecule has 2 fully saturated rings. The van der Waals surface area contributed by atoms with Crippen LogP contribution in [0.5, 0.6) is 0 Å². The van der Waals surface area contributed by atoms with E-state index in [1.54, 1.807) is 11.8 Å². The highest BCUT2D eigenvalue weighted by Gasteiger charge is 2.48. The van der Waals surface area contributed by atoms with Crippen molar-refractivity contribution in [2.45, 2.75) is 29.5 Å². The number of nitro benzene ring substituents is 1. The van der Waals surface area contributed by atoms with Crippen LogP contribution in [0.4, 0.5) is 5.69 Å². The monoisotopic (exact) mass is 461 g/mol. The van der Waals surface area contributed by atoms with E-state index in [0.717, 1.165) is 11.3 Å². The van der Waals surface area contributed by atoms with E-state index >= 15 is 0 Å². The molecule has 2 aromatic carbocycles. The van der Waals surface area contributed by atoms with Crippen molar-refractivity contribution in [3.8, 4) is 0 Å². The Labute approximate surface area is 185 Å². The van der Waals surface area contributed by atoms with Gasteiger partial charge in [0.2, 0.25) is 10.0 Å². The van der Waals surface area contributed by atoms with Gasteiger partial charge in [-0.25, -0.2) is 8.42 Å². The van der Waals surface area contributed by atoms with Crippen molar-refractivity contribution in [1.82, 2.24) is 9.21 Å². The highest BCUT2D eigenvalue weighted by molar-refractivity contribution is 8.00. The van der Waals surface area contributed by atoms with E-state index in [2.05, 4.69) is 0 Å². The van der Waals surface area contributed by atoms with Gasteiger partial charge in [0.1, 0.15) is 0 Å². The number of aryl methyl sites for hydroxylation is 1. The molecule has 10 heteroatoms. The Morgan fingerprint density at radius 2 is 1.65 bits per heavy atom. The Morgan fingerprint density at radius 3 is 2.23 bits per heavy atom. The van der Waals surface area contributed by atoms with Crippen molar-refractivity contribution in [2.75, 3.05) is 25.4 Å². The van der Waals surface area contributed by atoms with Crippen molar-refractivity contribution in [2.24, 2.45) is 0 Å². The number of amides is 1. The quantitative estimate of drug-likeness (QED) is 0.512. The van der Waals surface area contributed by atoms with E-state index in [4.69, 9.17) is 0 Å². The maximum absolute atomic E-state index is 13.1. The smallest absolute Gasteiger partial charge is 0.269 e. The lowest BCUT2D eigenvalue weighted by Gasteiger charge is -2.43. The number of benzene rings is 2. The van der Waals surface area contributed by atoms with Gasteiger partial charge in [0.05, 0.1) is 14.7 Å². The molecule has 2 aliphatic rings. The maximum atomic E-state index is 13.1. The molecule has 31 heavy (non-hydrogen) atoms. The van der Waals surface area contributed by atoms with E-state index in [9.17, 15) is 23.3 Å². The summed E-state index contributed by atoms with van der Waals surface area (Å²) in [4.78, 5) is 25.0. The Balaban J connectivity index is 1.49. The molecule has 4 rings (SSSR count). The lowest BCUT2D eigenvalue weighted by Crippen LogP contribution is -2.53. The van der Waals surface area contributed by atoms with Gasteiger partial charge in [0, 0.05) is 43.1 Å². The SMILES string of the molecule is Cc1ccc(C(=O)N2CCSC23CCN(S(=O)(=O)c2ccc([N+](=O)[O-])cc2)CC3)cc1. The molecule has 2 saturated heterocycles. The third kappa shape index (κ3) is 4.07. The number of thioether (sulfide) groups is 1. The van der Waals surface area contributed by atoms with Gasteiger partial charge in [-0.1, -0.05) is 17.7 Å². The lowest BCUT2D eigenvalue weighted by atomic mass is 10.0. The maximum Gasteiger partial charge on any atom is 0.269 e. The number of piperidine rings is 1. The first-order valence-corrected chi connectivity index (χ1v) is 12.4. The van der Waals surface area contributed by atoms with Crippen molar-refractivity contribution in [3.05, 3.63) is 69.8 Å². The molecule has 2 aliphatic heterocycles. The van der Waals surface area contributed by atoms with Gasteiger partial charge in [-0.15, -0.1) is 11.8 Å². The number of non-ortho nitro benzene ring substituents is 1. The zero-order chi connectivity index (χ0) is 22.2. The Kier molecular flexibility index (Phi) is 5.80. The number of hydrogen-bond acceptors (Lipinski definition) is 6. The van der Waals surface area contributed by atoms with Crippen LogP contribution in [0.25, 0.3) is 0 Å². The molecule has 2 heterocycles. The minimum atomic E-state index is -3.75. The second-order valence-electron chi connectivity index (χ2n) is 7.77. The number of carbonyl (C=O) groups excluding carboxylic acids is 1. The van der Waals surface area contributed by atoms with E-state index in [0.29, 0.717) is 38.0 Å². The molecule has 164 valence electrons. The topological polar surface area (TPSA) is 101 Å². The molecule has 2 aromatic rings. The summed E-state index contributed by atoms with van der Waals surface area (Å²) < 4.78 is 27.4. The molecule has 8 nitrogen and oxygen atoms in total. The molecule has 0 bridgehead atoms. The predicted octanol–water partition coefficient (Wildman–Crippen LogP) is 3.27. The van der Waals surface area contributed by atoms with Crippen LogP contribution in [0.3, 0.4) is 0 Å². The summed E-state index contributed by atoms with van der Waals surface area (Å²) in [5, 5.41) is 10.8. The average Bonchev–Trinajstić information content (AvgIpc) is 3.17. The van der Waals surface area contributed by atoms with Crippen LogP contribution in [0.2, 0.25) is 0 Å². The van der Waals surface area contributed by atoms with Crippen LogP contribution >= 0.6 is 11.8 Å². The third-order valence-electron chi connectivity index (χ3n) is 5.91. The van der Waals surface area contributed by atoms with Gasteiger partial charge >= 0.3 is 0 Å². The number of carbonyl (C=O) groups is 1. The van der Waals surface area contributed by atoms with Crippen LogP contribution in [-0.2, 0) is 10.0 Å². The number of nitro groups is 1. The van der Waals surface area contributed by atoms with Crippen molar-refractivity contribution < 1.29 is 18.1 Å². The molecule has 0 radical (unpaired) electrons. The summed E-state index contributed by atoms with van der Waals surface area (Å²) in [6.07, 6.45) is 1.09. The zero-order valence-corrected chi connectivity index (χ0v) is 18.7. The van der Waals surface area contributed by atoms with E-state index in [1.165, 1.54) is 28.6 Å². The van der Waals surface area contributed by atoms with Gasteiger partial charge in [0.15, 0.2) is 0 Å². The van der Waals surface area contributed by atoms with E-state index in [-0.39, 0.29) is 16.5 Å². The molecule has 0 N–H and O–H groups in total. The summed E-state index contributed by atoms with van der Waals surface area (Å²) in [5.74, 6) is 0.809. The number of hydrogen-bond donors (Lipinski definition) is 0. The first-order valence-electron chi connectivity index (χ1n) is 10.0. The summed E-state index contributed by atoms with van der Waals surface area (Å²) in [5.41, 5.74) is 1.59. The Hall–Kier alpha value is -2.43. The Morgan fingerprint density at radius 1 is 1.03 bits per heavy atom. The first-order chi connectivity index (χ1) is 14.7. The normalized spacial score (nSPS) is 18.9. The largest absolute Gasteiger partial charge is 0.323 e. The van der Waals surface area contributed by atoms with Gasteiger partial charge in [0.25, 0.3) is 11.6 Å². The molecular formula is C21H23N3O5S2. The van der Waals surface area contributed by atoms with Gasteiger partial charge in [-0.05, 0) is 44.0 Å². The number of nitrogens with zero attached hydrogens (tertiary/aromatic N) is 3. The fourth-order valence-corrected chi connectivity index (χ4v) is 7.02.